The highest BCUT2D eigenvalue weighted by atomic mass is 35.5. The highest BCUT2D eigenvalue weighted by Gasteiger charge is 2.14. The van der Waals surface area contributed by atoms with Gasteiger partial charge in [-0.1, -0.05) is 35.9 Å². The summed E-state index contributed by atoms with van der Waals surface area (Å²) in [5, 5.41) is 15.0. The molecule has 7 heteroatoms. The van der Waals surface area contributed by atoms with E-state index in [2.05, 4.69) is 10.5 Å². The summed E-state index contributed by atoms with van der Waals surface area (Å²) >= 11 is 5.51. The van der Waals surface area contributed by atoms with E-state index in [1.165, 1.54) is 19.1 Å². The van der Waals surface area contributed by atoms with Crippen LogP contribution in [0.15, 0.2) is 53.6 Å². The van der Waals surface area contributed by atoms with Crippen LogP contribution in [0.25, 0.3) is 10.8 Å². The van der Waals surface area contributed by atoms with Crippen molar-refractivity contribution in [1.82, 2.24) is 5.43 Å². The Bertz CT molecular complexity index is 1050. The topological polar surface area (TPSA) is 61.7 Å². The van der Waals surface area contributed by atoms with Crippen molar-refractivity contribution in [2.24, 2.45) is 5.10 Å². The summed E-state index contributed by atoms with van der Waals surface area (Å²) in [7, 11) is 0. The maximum absolute atomic E-state index is 13.9. The minimum atomic E-state index is -0.795. The highest BCUT2D eigenvalue weighted by molar-refractivity contribution is 6.30. The van der Waals surface area contributed by atoms with Crippen molar-refractivity contribution in [3.63, 3.8) is 0 Å². The number of carbonyl (C=O) groups is 1. The van der Waals surface area contributed by atoms with Crippen LogP contribution in [0.3, 0.4) is 0 Å². The number of nitrogens with one attached hydrogen (secondary N) is 1. The normalized spacial score (nSPS) is 11.6. The number of amides is 1. The monoisotopic (exact) mass is 374 g/mol. The first kappa shape index (κ1) is 17.8. The van der Waals surface area contributed by atoms with Gasteiger partial charge < -0.3 is 5.11 Å². The minimum Gasteiger partial charge on any atom is -0.507 e. The van der Waals surface area contributed by atoms with E-state index in [-0.39, 0.29) is 27.6 Å². The van der Waals surface area contributed by atoms with Gasteiger partial charge in [-0.3, -0.25) is 4.79 Å². The second-order valence-corrected chi connectivity index (χ2v) is 6.01. The lowest BCUT2D eigenvalue weighted by molar-refractivity contribution is 0.0952. The summed E-state index contributed by atoms with van der Waals surface area (Å²) in [5.41, 5.74) is 2.17. The number of rotatable bonds is 3. The molecule has 0 radical (unpaired) electrons. The number of phenolic OH excluding ortho intramolecular Hbond substituents is 1. The van der Waals surface area contributed by atoms with Crippen molar-refractivity contribution in [3.8, 4) is 5.75 Å². The molecule has 0 aliphatic rings. The van der Waals surface area contributed by atoms with E-state index in [0.717, 1.165) is 22.9 Å². The molecule has 0 aliphatic carbocycles. The van der Waals surface area contributed by atoms with Gasteiger partial charge in [-0.15, -0.1) is 0 Å². The number of nitrogens with zero attached hydrogens (tertiary/aromatic N) is 1. The molecule has 0 fully saturated rings. The Balaban J connectivity index is 1.87. The predicted octanol–water partition coefficient (Wildman–Crippen LogP) is 4.63. The Kier molecular flexibility index (Phi) is 4.86. The van der Waals surface area contributed by atoms with Crippen LogP contribution in [0.2, 0.25) is 5.02 Å². The van der Waals surface area contributed by atoms with Gasteiger partial charge in [0.05, 0.1) is 16.3 Å². The second kappa shape index (κ2) is 7.09. The summed E-state index contributed by atoms with van der Waals surface area (Å²) in [6, 6.07) is 11.9. The fourth-order valence-electron chi connectivity index (χ4n) is 2.47. The average Bonchev–Trinajstić information content (AvgIpc) is 2.61. The van der Waals surface area contributed by atoms with Gasteiger partial charge in [-0.25, -0.2) is 14.2 Å². The van der Waals surface area contributed by atoms with E-state index >= 15 is 0 Å². The van der Waals surface area contributed by atoms with Crippen molar-refractivity contribution in [3.05, 3.63) is 76.3 Å². The maximum atomic E-state index is 13.9. The number of halogens is 3. The van der Waals surface area contributed by atoms with E-state index in [4.69, 9.17) is 11.6 Å². The van der Waals surface area contributed by atoms with Crippen molar-refractivity contribution in [2.75, 3.05) is 0 Å². The molecule has 0 aliphatic heterocycles. The fourth-order valence-corrected chi connectivity index (χ4v) is 2.62. The van der Waals surface area contributed by atoms with Gasteiger partial charge in [0.25, 0.3) is 5.91 Å². The molecule has 4 nitrogen and oxygen atoms in total. The van der Waals surface area contributed by atoms with Crippen molar-refractivity contribution < 1.29 is 18.7 Å². The zero-order valence-electron chi connectivity index (χ0n) is 13.6. The Morgan fingerprint density at radius 3 is 2.38 bits per heavy atom. The zero-order valence-corrected chi connectivity index (χ0v) is 14.3. The average molecular weight is 375 g/mol. The number of hydrogen-bond donors (Lipinski definition) is 2. The minimum absolute atomic E-state index is 0.0167. The first-order valence-corrected chi connectivity index (χ1v) is 7.96. The quantitative estimate of drug-likeness (QED) is 0.399. The first-order valence-electron chi connectivity index (χ1n) is 7.58. The summed E-state index contributed by atoms with van der Waals surface area (Å²) in [6.07, 6.45) is 0. The largest absolute Gasteiger partial charge is 0.507 e. The van der Waals surface area contributed by atoms with E-state index in [1.807, 2.05) is 6.07 Å². The van der Waals surface area contributed by atoms with Gasteiger partial charge >= 0.3 is 0 Å². The smallest absolute Gasteiger partial charge is 0.275 e. The van der Waals surface area contributed by atoms with E-state index in [9.17, 15) is 18.7 Å². The molecule has 0 heterocycles. The molecule has 0 bridgehead atoms. The lowest BCUT2D eigenvalue weighted by Gasteiger charge is -2.08. The molecule has 0 spiro atoms. The molecule has 3 aromatic rings. The number of hydrazone groups is 1. The number of benzene rings is 3. The van der Waals surface area contributed by atoms with Crippen LogP contribution >= 0.6 is 11.6 Å². The van der Waals surface area contributed by atoms with Crippen molar-refractivity contribution in [1.29, 1.82) is 0 Å². The molecular formula is C19H13ClF2N2O2. The molecule has 0 atom stereocenters. The molecule has 0 unspecified atom stereocenters. The van der Waals surface area contributed by atoms with Crippen LogP contribution in [-0.2, 0) is 0 Å². The molecule has 2 N–H and O–H groups in total. The molecule has 3 rings (SSSR count). The molecule has 0 aromatic heterocycles. The number of aromatic hydroxyl groups is 1. The predicted molar refractivity (Wildman–Crippen MR) is 96.7 cm³/mol. The Morgan fingerprint density at radius 1 is 1.04 bits per heavy atom. The van der Waals surface area contributed by atoms with Gasteiger partial charge in [0.15, 0.2) is 0 Å². The van der Waals surface area contributed by atoms with E-state index in [0.29, 0.717) is 0 Å². The molecule has 3 aromatic carbocycles. The third-order valence-electron chi connectivity index (χ3n) is 3.83. The molecule has 132 valence electrons. The highest BCUT2D eigenvalue weighted by Crippen LogP contribution is 2.25. The molecule has 0 saturated carbocycles. The summed E-state index contributed by atoms with van der Waals surface area (Å²) in [4.78, 5) is 12.3. The molecule has 26 heavy (non-hydrogen) atoms. The third kappa shape index (κ3) is 3.50. The fraction of sp³-hybridized carbons (Fsp3) is 0.0526. The Labute approximate surface area is 152 Å². The van der Waals surface area contributed by atoms with Gasteiger partial charge in [0.1, 0.15) is 17.4 Å². The number of carbonyl (C=O) groups excluding carboxylic acids is 1. The third-order valence-corrected chi connectivity index (χ3v) is 4.12. The molecule has 1 amide bonds. The summed E-state index contributed by atoms with van der Waals surface area (Å²) < 4.78 is 27.4. The number of fused-ring (bicyclic) bond motifs is 1. The van der Waals surface area contributed by atoms with Crippen molar-refractivity contribution >= 4 is 34.0 Å². The maximum Gasteiger partial charge on any atom is 0.275 e. The number of hydrogen-bond acceptors (Lipinski definition) is 3. The van der Waals surface area contributed by atoms with Gasteiger partial charge in [-0.2, -0.15) is 5.10 Å². The SMILES string of the molecule is C/C(=N/NC(=O)c1cc2ccccc2cc1O)c1cc(F)c(Cl)cc1F. The summed E-state index contributed by atoms with van der Waals surface area (Å²) in [5.74, 6) is -2.45. The lowest BCUT2D eigenvalue weighted by atomic mass is 10.1. The van der Waals surface area contributed by atoms with Gasteiger partial charge in [0.2, 0.25) is 0 Å². The molecular weight excluding hydrogens is 362 g/mol. The Hall–Kier alpha value is -2.99. The van der Waals surface area contributed by atoms with Crippen LogP contribution < -0.4 is 5.43 Å². The number of phenols is 1. The van der Waals surface area contributed by atoms with Gasteiger partial charge in [-0.05, 0) is 42.0 Å². The van der Waals surface area contributed by atoms with Gasteiger partial charge in [0, 0.05) is 5.56 Å². The van der Waals surface area contributed by atoms with E-state index in [1.54, 1.807) is 18.2 Å². The molecule has 0 saturated heterocycles. The summed E-state index contributed by atoms with van der Waals surface area (Å²) in [6.45, 7) is 1.41. The second-order valence-electron chi connectivity index (χ2n) is 5.60. The van der Waals surface area contributed by atoms with Crippen LogP contribution in [0, 0.1) is 11.6 Å². The van der Waals surface area contributed by atoms with Crippen LogP contribution in [0.1, 0.15) is 22.8 Å². The zero-order chi connectivity index (χ0) is 18.8. The van der Waals surface area contributed by atoms with Crippen LogP contribution in [-0.4, -0.2) is 16.7 Å². The first-order chi connectivity index (χ1) is 12.4. The standard InChI is InChI=1S/C19H13ClF2N2O2/c1-10(13-8-17(22)15(20)9-16(13)21)23-24-19(26)14-6-11-4-2-3-5-12(11)7-18(14)25/h2-9,25H,1H3,(H,24,26)/b23-10-. The van der Waals surface area contributed by atoms with Crippen LogP contribution in [0.5, 0.6) is 5.75 Å². The Morgan fingerprint density at radius 2 is 1.69 bits per heavy atom. The lowest BCUT2D eigenvalue weighted by Crippen LogP contribution is -2.20. The van der Waals surface area contributed by atoms with E-state index < -0.39 is 17.5 Å². The van der Waals surface area contributed by atoms with Crippen molar-refractivity contribution in [2.45, 2.75) is 6.92 Å². The van der Waals surface area contributed by atoms with Crippen LogP contribution in [0.4, 0.5) is 8.78 Å².